The van der Waals surface area contributed by atoms with Crippen molar-refractivity contribution < 1.29 is 17.9 Å². The van der Waals surface area contributed by atoms with Crippen molar-refractivity contribution in [2.75, 3.05) is 6.61 Å². The van der Waals surface area contributed by atoms with E-state index in [1.54, 1.807) is 37.3 Å². The molecule has 0 spiro atoms. The van der Waals surface area contributed by atoms with E-state index in [4.69, 9.17) is 4.74 Å². The van der Waals surface area contributed by atoms with Crippen molar-refractivity contribution in [1.29, 1.82) is 0 Å². The third-order valence-corrected chi connectivity index (χ3v) is 6.01. The van der Waals surface area contributed by atoms with Crippen molar-refractivity contribution >= 4 is 48.9 Å². The second-order valence-electron chi connectivity index (χ2n) is 5.44. The van der Waals surface area contributed by atoms with Crippen LogP contribution in [0.5, 0.6) is 0 Å². The van der Waals surface area contributed by atoms with Gasteiger partial charge >= 0.3 is 5.97 Å². The third kappa shape index (κ3) is 3.59. The van der Waals surface area contributed by atoms with E-state index in [0.717, 1.165) is 9.86 Å². The number of ether oxygens (including phenoxy) is 1. The van der Waals surface area contributed by atoms with Crippen LogP contribution in [0.3, 0.4) is 0 Å². The van der Waals surface area contributed by atoms with E-state index < -0.39 is 16.0 Å². The maximum absolute atomic E-state index is 13.2. The molecule has 3 rings (SSSR count). The van der Waals surface area contributed by atoms with Gasteiger partial charge in [-0.25, -0.2) is 17.2 Å². The average molecular weight is 434 g/mol. The molecule has 3 aromatic rings. The average Bonchev–Trinajstić information content (AvgIpc) is 3.00. The Bertz CT molecular complexity index is 1080. The molecule has 0 aliphatic rings. The van der Waals surface area contributed by atoms with Gasteiger partial charge in [0.15, 0.2) is 0 Å². The Hall–Kier alpha value is -2.38. The minimum Gasteiger partial charge on any atom is -0.463 e. The molecule has 134 valence electrons. The zero-order valence-electron chi connectivity index (χ0n) is 13.9. The molecule has 0 fully saturated rings. The Labute approximate surface area is 160 Å². The maximum Gasteiger partial charge on any atom is 0.330 e. The lowest BCUT2D eigenvalue weighted by Gasteiger charge is -2.10. The molecular weight excluding hydrogens is 418 g/mol. The summed E-state index contributed by atoms with van der Waals surface area (Å²) in [7, 11) is -3.84. The number of carbonyl (C=O) groups is 1. The largest absolute Gasteiger partial charge is 0.463 e. The molecule has 0 aliphatic carbocycles. The highest BCUT2D eigenvalue weighted by Crippen LogP contribution is 2.27. The summed E-state index contributed by atoms with van der Waals surface area (Å²) < 4.78 is 33.3. The van der Waals surface area contributed by atoms with Gasteiger partial charge in [-0.15, -0.1) is 0 Å². The quantitative estimate of drug-likeness (QED) is 0.446. The van der Waals surface area contributed by atoms with Crippen molar-refractivity contribution in [2.45, 2.75) is 11.8 Å². The number of aromatic nitrogens is 1. The van der Waals surface area contributed by atoms with Crippen LogP contribution in [-0.2, 0) is 19.6 Å². The Balaban J connectivity index is 2.18. The number of halogens is 1. The SMILES string of the molecule is CCOC(=O)/C=C\c1cc2ccccc2n1S(=O)(=O)c1ccc(Br)cc1. The molecule has 0 amide bonds. The van der Waals surface area contributed by atoms with E-state index in [-0.39, 0.29) is 11.5 Å². The minimum atomic E-state index is -3.84. The monoisotopic (exact) mass is 433 g/mol. The lowest BCUT2D eigenvalue weighted by Crippen LogP contribution is -2.14. The zero-order chi connectivity index (χ0) is 18.7. The first kappa shape index (κ1) is 18.4. The van der Waals surface area contributed by atoms with E-state index >= 15 is 0 Å². The first-order valence-corrected chi connectivity index (χ1v) is 10.1. The van der Waals surface area contributed by atoms with Gasteiger partial charge in [-0.1, -0.05) is 34.1 Å². The lowest BCUT2D eigenvalue weighted by molar-refractivity contribution is -0.137. The van der Waals surface area contributed by atoms with Crippen LogP contribution < -0.4 is 0 Å². The fraction of sp³-hybridized carbons (Fsp3) is 0.105. The van der Waals surface area contributed by atoms with Gasteiger partial charge in [-0.05, 0) is 49.4 Å². The van der Waals surface area contributed by atoms with Crippen LogP contribution in [0.15, 0.2) is 70.0 Å². The Kier molecular flexibility index (Phi) is 5.29. The molecule has 0 atom stereocenters. The lowest BCUT2D eigenvalue weighted by atomic mass is 10.2. The highest BCUT2D eigenvalue weighted by atomic mass is 79.9. The summed E-state index contributed by atoms with van der Waals surface area (Å²) in [6, 6.07) is 15.3. The Morgan fingerprint density at radius 2 is 1.85 bits per heavy atom. The fourth-order valence-electron chi connectivity index (χ4n) is 2.59. The number of esters is 1. The topological polar surface area (TPSA) is 65.4 Å². The molecule has 0 aliphatic heterocycles. The van der Waals surface area contributed by atoms with Crippen LogP contribution in [0, 0.1) is 0 Å². The van der Waals surface area contributed by atoms with Crippen LogP contribution in [0.2, 0.25) is 0 Å². The highest BCUT2D eigenvalue weighted by Gasteiger charge is 2.22. The standard InChI is InChI=1S/C19H16BrNO4S/c1-2-25-19(22)12-9-16-13-14-5-3-4-6-18(14)21(16)26(23,24)17-10-7-15(20)8-11-17/h3-13H,2H2,1H3/b12-9-. The molecule has 7 heteroatoms. The first-order valence-electron chi connectivity index (χ1n) is 7.90. The molecule has 0 unspecified atom stereocenters. The van der Waals surface area contributed by atoms with Gasteiger partial charge in [0.1, 0.15) is 0 Å². The number of hydrogen-bond acceptors (Lipinski definition) is 4. The van der Waals surface area contributed by atoms with E-state index in [9.17, 15) is 13.2 Å². The summed E-state index contributed by atoms with van der Waals surface area (Å²) >= 11 is 3.31. The molecule has 1 heterocycles. The van der Waals surface area contributed by atoms with Gasteiger partial charge in [0.25, 0.3) is 10.0 Å². The van der Waals surface area contributed by atoms with E-state index in [0.29, 0.717) is 11.2 Å². The number of hydrogen-bond donors (Lipinski definition) is 0. The maximum atomic E-state index is 13.2. The molecule has 0 bridgehead atoms. The predicted molar refractivity (Wildman–Crippen MR) is 104 cm³/mol. The number of nitrogens with zero attached hydrogens (tertiary/aromatic N) is 1. The van der Waals surface area contributed by atoms with Crippen molar-refractivity contribution in [1.82, 2.24) is 3.97 Å². The molecule has 5 nitrogen and oxygen atoms in total. The zero-order valence-corrected chi connectivity index (χ0v) is 16.3. The fourth-order valence-corrected chi connectivity index (χ4v) is 4.36. The van der Waals surface area contributed by atoms with E-state index in [2.05, 4.69) is 15.9 Å². The molecule has 2 aromatic carbocycles. The van der Waals surface area contributed by atoms with Gasteiger partial charge in [-0.3, -0.25) is 0 Å². The molecule has 0 N–H and O–H groups in total. The van der Waals surface area contributed by atoms with Crippen molar-refractivity contribution in [2.24, 2.45) is 0 Å². The summed E-state index contributed by atoms with van der Waals surface area (Å²) in [4.78, 5) is 11.8. The number of fused-ring (bicyclic) bond motifs is 1. The van der Waals surface area contributed by atoms with Crippen LogP contribution in [0.25, 0.3) is 17.0 Å². The van der Waals surface area contributed by atoms with Gasteiger partial charge < -0.3 is 4.74 Å². The first-order chi connectivity index (χ1) is 12.4. The second-order valence-corrected chi connectivity index (χ2v) is 8.14. The van der Waals surface area contributed by atoms with Gasteiger partial charge in [0, 0.05) is 15.9 Å². The van der Waals surface area contributed by atoms with Crippen molar-refractivity contribution in [3.05, 3.63) is 70.8 Å². The van der Waals surface area contributed by atoms with Gasteiger partial charge in [0.05, 0.1) is 22.7 Å². The normalized spacial score (nSPS) is 11.9. The number of carbonyl (C=O) groups excluding carboxylic acids is 1. The van der Waals surface area contributed by atoms with E-state index in [1.165, 1.54) is 28.3 Å². The number of rotatable bonds is 5. The molecule has 26 heavy (non-hydrogen) atoms. The van der Waals surface area contributed by atoms with Crippen molar-refractivity contribution in [3.63, 3.8) is 0 Å². The van der Waals surface area contributed by atoms with Gasteiger partial charge in [-0.2, -0.15) is 0 Å². The molecular formula is C19H16BrNO4S. The molecule has 0 saturated carbocycles. The Morgan fingerprint density at radius 1 is 1.15 bits per heavy atom. The van der Waals surface area contributed by atoms with Gasteiger partial charge in [0.2, 0.25) is 0 Å². The van der Waals surface area contributed by atoms with Crippen LogP contribution >= 0.6 is 15.9 Å². The molecule has 0 radical (unpaired) electrons. The second kappa shape index (κ2) is 7.47. The minimum absolute atomic E-state index is 0.160. The Morgan fingerprint density at radius 3 is 2.54 bits per heavy atom. The van der Waals surface area contributed by atoms with Crippen LogP contribution in [0.1, 0.15) is 12.6 Å². The summed E-state index contributed by atoms with van der Waals surface area (Å²) in [5.41, 5.74) is 0.918. The predicted octanol–water partition coefficient (Wildman–Crippen LogP) is 4.22. The summed E-state index contributed by atoms with van der Waals surface area (Å²) in [6.07, 6.45) is 2.68. The van der Waals surface area contributed by atoms with Crippen LogP contribution in [0.4, 0.5) is 0 Å². The summed E-state index contributed by atoms with van der Waals surface area (Å²) in [5.74, 6) is -0.523. The molecule has 0 saturated heterocycles. The number of para-hydroxylation sites is 1. The molecule has 1 aromatic heterocycles. The highest BCUT2D eigenvalue weighted by molar-refractivity contribution is 9.10. The van der Waals surface area contributed by atoms with Crippen LogP contribution in [-0.4, -0.2) is 25.0 Å². The number of benzene rings is 2. The third-order valence-electron chi connectivity index (χ3n) is 3.72. The van der Waals surface area contributed by atoms with E-state index in [1.807, 2.05) is 12.1 Å². The summed E-state index contributed by atoms with van der Waals surface area (Å²) in [5, 5.41) is 0.761. The smallest absolute Gasteiger partial charge is 0.330 e. The van der Waals surface area contributed by atoms with Crippen molar-refractivity contribution in [3.8, 4) is 0 Å². The summed E-state index contributed by atoms with van der Waals surface area (Å²) in [6.45, 7) is 1.96.